The summed E-state index contributed by atoms with van der Waals surface area (Å²) in [4.78, 5) is 13.3. The van der Waals surface area contributed by atoms with Gasteiger partial charge in [-0.3, -0.25) is 0 Å². The van der Waals surface area contributed by atoms with Crippen molar-refractivity contribution in [1.82, 2.24) is 0 Å². The SMILES string of the molecule is CN(CC1CCCOC1)c1ccc(C(=O)O)s1. The van der Waals surface area contributed by atoms with Crippen molar-refractivity contribution in [2.45, 2.75) is 12.8 Å². The van der Waals surface area contributed by atoms with E-state index in [1.165, 1.54) is 17.8 Å². The van der Waals surface area contributed by atoms with Crippen molar-refractivity contribution >= 4 is 22.3 Å². The zero-order chi connectivity index (χ0) is 12.3. The maximum absolute atomic E-state index is 10.8. The lowest BCUT2D eigenvalue weighted by Gasteiger charge is -2.27. The third-order valence-corrected chi connectivity index (χ3v) is 4.15. The largest absolute Gasteiger partial charge is 0.477 e. The van der Waals surface area contributed by atoms with Crippen molar-refractivity contribution in [3.63, 3.8) is 0 Å². The molecule has 0 aromatic carbocycles. The predicted molar refractivity (Wildman–Crippen MR) is 68.1 cm³/mol. The number of anilines is 1. The Balaban J connectivity index is 1.93. The normalized spacial score (nSPS) is 20.2. The van der Waals surface area contributed by atoms with Crippen LogP contribution in [-0.2, 0) is 4.74 Å². The molecule has 0 radical (unpaired) electrons. The molecule has 0 saturated carbocycles. The molecule has 1 N–H and O–H groups in total. The first kappa shape index (κ1) is 12.4. The fourth-order valence-corrected chi connectivity index (χ4v) is 2.89. The number of thiophene rings is 1. The minimum atomic E-state index is -0.851. The van der Waals surface area contributed by atoms with Crippen LogP contribution < -0.4 is 4.90 Å². The maximum atomic E-state index is 10.8. The summed E-state index contributed by atoms with van der Waals surface area (Å²) in [5.41, 5.74) is 0. The molecule has 1 saturated heterocycles. The van der Waals surface area contributed by atoms with Crippen molar-refractivity contribution in [2.24, 2.45) is 5.92 Å². The summed E-state index contributed by atoms with van der Waals surface area (Å²) in [6.07, 6.45) is 2.32. The number of carboxylic acid groups (broad SMARTS) is 1. The topological polar surface area (TPSA) is 49.8 Å². The molecule has 94 valence electrons. The van der Waals surface area contributed by atoms with Crippen molar-refractivity contribution < 1.29 is 14.6 Å². The number of carbonyl (C=O) groups is 1. The highest BCUT2D eigenvalue weighted by molar-refractivity contribution is 7.17. The van der Waals surface area contributed by atoms with Crippen LogP contribution in [0.1, 0.15) is 22.5 Å². The molecule has 0 amide bonds. The maximum Gasteiger partial charge on any atom is 0.345 e. The molecule has 2 heterocycles. The average Bonchev–Trinajstić information content (AvgIpc) is 2.79. The number of carboxylic acids is 1. The molecule has 17 heavy (non-hydrogen) atoms. The molecule has 0 aliphatic carbocycles. The number of hydrogen-bond acceptors (Lipinski definition) is 4. The van der Waals surface area contributed by atoms with E-state index < -0.39 is 5.97 Å². The van der Waals surface area contributed by atoms with Gasteiger partial charge in [-0.15, -0.1) is 11.3 Å². The van der Waals surface area contributed by atoms with Crippen molar-refractivity contribution in [3.05, 3.63) is 17.0 Å². The van der Waals surface area contributed by atoms with Crippen LogP contribution in [-0.4, -0.2) is 37.9 Å². The second-order valence-corrected chi connectivity index (χ2v) is 5.47. The van der Waals surface area contributed by atoms with Crippen molar-refractivity contribution in [3.8, 4) is 0 Å². The molecule has 1 fully saturated rings. The molecule has 1 unspecified atom stereocenters. The summed E-state index contributed by atoms with van der Waals surface area (Å²) in [5, 5.41) is 9.88. The first-order valence-corrected chi connectivity index (χ1v) is 6.60. The molecular weight excluding hydrogens is 238 g/mol. The number of aromatic carboxylic acids is 1. The van der Waals surface area contributed by atoms with Gasteiger partial charge in [0, 0.05) is 20.2 Å². The van der Waals surface area contributed by atoms with Crippen LogP contribution in [0, 0.1) is 5.92 Å². The smallest absolute Gasteiger partial charge is 0.345 e. The van der Waals surface area contributed by atoms with Gasteiger partial charge in [-0.1, -0.05) is 0 Å². The van der Waals surface area contributed by atoms with E-state index in [0.29, 0.717) is 10.8 Å². The van der Waals surface area contributed by atoms with Crippen LogP contribution in [0.5, 0.6) is 0 Å². The highest BCUT2D eigenvalue weighted by atomic mass is 32.1. The van der Waals surface area contributed by atoms with Gasteiger partial charge >= 0.3 is 5.97 Å². The molecule has 1 atom stereocenters. The molecule has 0 bridgehead atoms. The van der Waals surface area contributed by atoms with Gasteiger partial charge in [-0.25, -0.2) is 4.79 Å². The van der Waals surface area contributed by atoms with E-state index in [4.69, 9.17) is 9.84 Å². The van der Waals surface area contributed by atoms with Crippen LogP contribution in [0.4, 0.5) is 5.00 Å². The fourth-order valence-electron chi connectivity index (χ4n) is 2.08. The van der Waals surface area contributed by atoms with E-state index in [-0.39, 0.29) is 0 Å². The van der Waals surface area contributed by atoms with Gasteiger partial charge in [0.1, 0.15) is 4.88 Å². The van der Waals surface area contributed by atoms with E-state index in [9.17, 15) is 4.79 Å². The van der Waals surface area contributed by atoms with E-state index in [2.05, 4.69) is 4.90 Å². The highest BCUT2D eigenvalue weighted by Crippen LogP contribution is 2.26. The second kappa shape index (κ2) is 5.51. The summed E-state index contributed by atoms with van der Waals surface area (Å²) in [6.45, 7) is 2.63. The number of rotatable bonds is 4. The lowest BCUT2D eigenvalue weighted by Crippen LogP contribution is -2.30. The van der Waals surface area contributed by atoms with E-state index in [1.807, 2.05) is 13.1 Å². The molecule has 0 spiro atoms. The van der Waals surface area contributed by atoms with Gasteiger partial charge in [0.25, 0.3) is 0 Å². The number of nitrogens with zero attached hydrogens (tertiary/aromatic N) is 1. The molecule has 5 heteroatoms. The average molecular weight is 255 g/mol. The third-order valence-electron chi connectivity index (χ3n) is 2.97. The minimum Gasteiger partial charge on any atom is -0.477 e. The van der Waals surface area contributed by atoms with Gasteiger partial charge in [0.2, 0.25) is 0 Å². The quantitative estimate of drug-likeness (QED) is 0.897. The molecule has 2 rings (SSSR count). The van der Waals surface area contributed by atoms with E-state index in [0.717, 1.165) is 31.2 Å². The van der Waals surface area contributed by atoms with Crippen molar-refractivity contribution in [1.29, 1.82) is 0 Å². The Morgan fingerprint density at radius 3 is 3.06 bits per heavy atom. The van der Waals surface area contributed by atoms with Crippen LogP contribution in [0.15, 0.2) is 12.1 Å². The van der Waals surface area contributed by atoms with E-state index >= 15 is 0 Å². The monoisotopic (exact) mass is 255 g/mol. The Labute approximate surface area is 105 Å². The van der Waals surface area contributed by atoms with Gasteiger partial charge in [0.15, 0.2) is 0 Å². The summed E-state index contributed by atoms with van der Waals surface area (Å²) in [5.74, 6) is -0.292. The molecule has 1 aromatic heterocycles. The molecule has 4 nitrogen and oxygen atoms in total. The summed E-state index contributed by atoms with van der Waals surface area (Å²) >= 11 is 1.32. The van der Waals surface area contributed by atoms with Gasteiger partial charge in [0.05, 0.1) is 11.6 Å². The van der Waals surface area contributed by atoms with Gasteiger partial charge in [-0.2, -0.15) is 0 Å². The standard InChI is InChI=1S/C12H17NO3S/c1-13(7-9-3-2-6-16-8-9)11-5-4-10(17-11)12(14)15/h4-5,9H,2-3,6-8H2,1H3,(H,14,15). The second-order valence-electron chi connectivity index (χ2n) is 4.41. The Kier molecular flexibility index (Phi) is 4.02. The first-order valence-electron chi connectivity index (χ1n) is 5.79. The Bertz CT molecular complexity index is 385. The zero-order valence-corrected chi connectivity index (χ0v) is 10.7. The number of hydrogen-bond donors (Lipinski definition) is 1. The summed E-state index contributed by atoms with van der Waals surface area (Å²) in [6, 6.07) is 3.54. The number of ether oxygens (including phenoxy) is 1. The minimum absolute atomic E-state index is 0.395. The van der Waals surface area contributed by atoms with Gasteiger partial charge < -0.3 is 14.7 Å². The molecular formula is C12H17NO3S. The Hall–Kier alpha value is -1.07. The summed E-state index contributed by atoms with van der Waals surface area (Å²) < 4.78 is 5.44. The van der Waals surface area contributed by atoms with E-state index in [1.54, 1.807) is 6.07 Å². The zero-order valence-electron chi connectivity index (χ0n) is 9.89. The Morgan fingerprint density at radius 2 is 2.47 bits per heavy atom. The molecule has 1 aliphatic heterocycles. The van der Waals surface area contributed by atoms with Gasteiger partial charge in [-0.05, 0) is 30.9 Å². The highest BCUT2D eigenvalue weighted by Gasteiger charge is 2.17. The third kappa shape index (κ3) is 3.20. The first-order chi connectivity index (χ1) is 8.16. The van der Waals surface area contributed by atoms with Crippen molar-refractivity contribution in [2.75, 3.05) is 31.7 Å². The predicted octanol–water partition coefficient (Wildman–Crippen LogP) is 2.31. The lowest BCUT2D eigenvalue weighted by atomic mass is 10.0. The lowest BCUT2D eigenvalue weighted by molar-refractivity contribution is 0.0577. The molecule has 1 aromatic rings. The van der Waals surface area contributed by atoms with Crippen LogP contribution >= 0.6 is 11.3 Å². The summed E-state index contributed by atoms with van der Waals surface area (Å²) in [7, 11) is 2.01. The van der Waals surface area contributed by atoms with Crippen LogP contribution in [0.3, 0.4) is 0 Å². The fraction of sp³-hybridized carbons (Fsp3) is 0.583. The van der Waals surface area contributed by atoms with Crippen LogP contribution in [0.2, 0.25) is 0 Å². The van der Waals surface area contributed by atoms with Crippen LogP contribution in [0.25, 0.3) is 0 Å². The molecule has 1 aliphatic rings. The Morgan fingerprint density at radius 1 is 1.65 bits per heavy atom.